The van der Waals surface area contributed by atoms with Gasteiger partial charge in [-0.15, -0.1) is 0 Å². The third-order valence-corrected chi connectivity index (χ3v) is 7.08. The summed E-state index contributed by atoms with van der Waals surface area (Å²) in [5.74, 6) is -0.437. The molecule has 28 heavy (non-hydrogen) atoms. The van der Waals surface area contributed by atoms with Crippen molar-refractivity contribution in [3.8, 4) is 0 Å². The van der Waals surface area contributed by atoms with Crippen molar-refractivity contribution in [2.24, 2.45) is 0 Å². The Morgan fingerprint density at radius 2 is 1.79 bits per heavy atom. The summed E-state index contributed by atoms with van der Waals surface area (Å²) in [6.07, 6.45) is 1.27. The lowest BCUT2D eigenvalue weighted by atomic mass is 10.1. The Hall–Kier alpha value is -1.93. The van der Waals surface area contributed by atoms with Crippen molar-refractivity contribution in [2.45, 2.75) is 9.79 Å². The van der Waals surface area contributed by atoms with Gasteiger partial charge in [0.05, 0.1) is 39.4 Å². The van der Waals surface area contributed by atoms with Crippen LogP contribution in [0.2, 0.25) is 10.0 Å². The van der Waals surface area contributed by atoms with E-state index >= 15 is 0 Å². The number of nitrogens with zero attached hydrogens (tertiary/aromatic N) is 2. The number of benzene rings is 2. The van der Waals surface area contributed by atoms with Crippen LogP contribution in [0.4, 0.5) is 10.1 Å². The number of hydrogen-bond donors (Lipinski definition) is 0. The van der Waals surface area contributed by atoms with Gasteiger partial charge in [-0.3, -0.25) is 4.98 Å². The molecule has 0 amide bonds. The molecule has 1 aromatic heterocycles. The van der Waals surface area contributed by atoms with Gasteiger partial charge in [0.25, 0.3) is 0 Å². The second-order valence-electron chi connectivity index (χ2n) is 6.31. The van der Waals surface area contributed by atoms with Crippen molar-refractivity contribution in [3.05, 3.63) is 58.5 Å². The average Bonchev–Trinajstić information content (AvgIpc) is 2.69. The molecule has 2 heterocycles. The van der Waals surface area contributed by atoms with E-state index in [2.05, 4.69) is 4.98 Å². The monoisotopic (exact) mass is 440 g/mol. The van der Waals surface area contributed by atoms with Crippen molar-refractivity contribution >= 4 is 49.6 Å². The minimum atomic E-state index is -3.94. The maximum Gasteiger partial charge on any atom is 0.210 e. The predicted molar refractivity (Wildman–Crippen MR) is 107 cm³/mol. The van der Waals surface area contributed by atoms with Gasteiger partial charge in [-0.25, -0.2) is 12.8 Å². The normalized spacial score (nSPS) is 15.2. The lowest BCUT2D eigenvalue weighted by molar-refractivity contribution is 0.122. The second-order valence-corrected chi connectivity index (χ2v) is 9.04. The quantitative estimate of drug-likeness (QED) is 0.605. The summed E-state index contributed by atoms with van der Waals surface area (Å²) in [6.45, 7) is 1.97. The lowest BCUT2D eigenvalue weighted by Crippen LogP contribution is -2.37. The molecule has 1 aliphatic heterocycles. The molecule has 0 spiro atoms. The van der Waals surface area contributed by atoms with Crippen LogP contribution in [0.5, 0.6) is 0 Å². The van der Waals surface area contributed by atoms with Crippen molar-refractivity contribution in [3.63, 3.8) is 0 Å². The number of halogens is 3. The number of anilines is 1. The highest BCUT2D eigenvalue weighted by atomic mass is 35.5. The number of aromatic nitrogens is 1. The SMILES string of the molecule is O=S(=O)(c1ccc(Cl)c(Cl)c1)c1cnc2cc(F)ccc2c1N1CCOCC1. The number of morpholine rings is 1. The van der Waals surface area contributed by atoms with Crippen molar-refractivity contribution < 1.29 is 17.5 Å². The molecular formula is C19H15Cl2FN2O3S. The third kappa shape index (κ3) is 3.43. The van der Waals surface area contributed by atoms with Crippen LogP contribution in [0.1, 0.15) is 0 Å². The number of fused-ring (bicyclic) bond motifs is 1. The Kier molecular flexibility index (Phi) is 5.18. The van der Waals surface area contributed by atoms with Crippen LogP contribution in [0.15, 0.2) is 52.4 Å². The summed E-state index contributed by atoms with van der Waals surface area (Å²) in [4.78, 5) is 6.17. The van der Waals surface area contributed by atoms with E-state index in [9.17, 15) is 12.8 Å². The van der Waals surface area contributed by atoms with Gasteiger partial charge < -0.3 is 9.64 Å². The fraction of sp³-hybridized carbons (Fsp3) is 0.211. The number of ether oxygens (including phenoxy) is 1. The number of pyridine rings is 1. The maximum absolute atomic E-state index is 13.7. The molecule has 146 valence electrons. The molecule has 0 radical (unpaired) electrons. The van der Waals surface area contributed by atoms with Gasteiger partial charge in [0.2, 0.25) is 9.84 Å². The topological polar surface area (TPSA) is 59.5 Å². The second kappa shape index (κ2) is 7.48. The maximum atomic E-state index is 13.7. The molecule has 3 aromatic rings. The van der Waals surface area contributed by atoms with E-state index in [1.54, 1.807) is 6.07 Å². The predicted octanol–water partition coefficient (Wildman–Crippen LogP) is 4.35. The van der Waals surface area contributed by atoms with Gasteiger partial charge in [-0.2, -0.15) is 0 Å². The number of rotatable bonds is 3. The molecule has 9 heteroatoms. The standard InChI is InChI=1S/C19H15Cl2FN2O3S/c20-15-4-2-13(10-16(15)21)28(25,26)18-11-23-17-9-12(22)1-3-14(17)19(18)24-5-7-27-8-6-24/h1-4,9-11H,5-8H2. The Balaban J connectivity index is 1.97. The highest BCUT2D eigenvalue weighted by Crippen LogP contribution is 2.37. The number of hydrogen-bond acceptors (Lipinski definition) is 5. The smallest absolute Gasteiger partial charge is 0.210 e. The highest BCUT2D eigenvalue weighted by Gasteiger charge is 2.28. The molecule has 0 aliphatic carbocycles. The van der Waals surface area contributed by atoms with Crippen LogP contribution in [-0.4, -0.2) is 39.7 Å². The lowest BCUT2D eigenvalue weighted by Gasteiger charge is -2.31. The Morgan fingerprint density at radius 1 is 1.04 bits per heavy atom. The molecule has 1 fully saturated rings. The third-order valence-electron chi connectivity index (χ3n) is 4.59. The first kappa shape index (κ1) is 19.4. The first-order chi connectivity index (χ1) is 13.4. The molecular weight excluding hydrogens is 426 g/mol. The summed E-state index contributed by atoms with van der Waals surface area (Å²) in [5, 5.41) is 0.969. The van der Waals surface area contributed by atoms with Crippen LogP contribution < -0.4 is 4.90 Å². The van der Waals surface area contributed by atoms with Crippen molar-refractivity contribution in [1.82, 2.24) is 4.98 Å². The number of sulfone groups is 1. The fourth-order valence-corrected chi connectivity index (χ4v) is 5.04. The zero-order chi connectivity index (χ0) is 19.9. The van der Waals surface area contributed by atoms with Crippen LogP contribution in [0.25, 0.3) is 10.9 Å². The molecule has 1 saturated heterocycles. The van der Waals surface area contributed by atoms with E-state index in [1.165, 1.54) is 36.5 Å². The molecule has 1 aliphatic rings. The molecule has 0 unspecified atom stereocenters. The Morgan fingerprint density at radius 3 is 2.50 bits per heavy atom. The van der Waals surface area contributed by atoms with Crippen LogP contribution in [0.3, 0.4) is 0 Å². The van der Waals surface area contributed by atoms with E-state index in [1.807, 2.05) is 4.90 Å². The minimum Gasteiger partial charge on any atom is -0.378 e. The molecule has 0 saturated carbocycles. The molecule has 0 N–H and O–H groups in total. The highest BCUT2D eigenvalue weighted by molar-refractivity contribution is 7.91. The largest absolute Gasteiger partial charge is 0.378 e. The van der Waals surface area contributed by atoms with Gasteiger partial charge >= 0.3 is 0 Å². The first-order valence-electron chi connectivity index (χ1n) is 8.49. The van der Waals surface area contributed by atoms with Crippen LogP contribution in [-0.2, 0) is 14.6 Å². The Labute approximate surface area is 171 Å². The summed E-state index contributed by atoms with van der Waals surface area (Å²) in [6, 6.07) is 8.29. The van der Waals surface area contributed by atoms with Gasteiger partial charge in [0, 0.05) is 30.7 Å². The van der Waals surface area contributed by atoms with Gasteiger partial charge in [-0.05, 0) is 30.3 Å². The summed E-state index contributed by atoms with van der Waals surface area (Å²) in [5.41, 5.74) is 0.869. The first-order valence-corrected chi connectivity index (χ1v) is 10.7. The van der Waals surface area contributed by atoms with E-state index in [-0.39, 0.29) is 19.8 Å². The van der Waals surface area contributed by atoms with Crippen molar-refractivity contribution in [1.29, 1.82) is 0 Å². The summed E-state index contributed by atoms with van der Waals surface area (Å²) in [7, 11) is -3.94. The van der Waals surface area contributed by atoms with E-state index in [0.29, 0.717) is 42.9 Å². The van der Waals surface area contributed by atoms with Gasteiger partial charge in [-0.1, -0.05) is 23.2 Å². The zero-order valence-corrected chi connectivity index (χ0v) is 16.9. The molecule has 4 rings (SSSR count). The van der Waals surface area contributed by atoms with Crippen LogP contribution >= 0.6 is 23.2 Å². The van der Waals surface area contributed by atoms with E-state index in [0.717, 1.165) is 0 Å². The van der Waals surface area contributed by atoms with Crippen molar-refractivity contribution in [2.75, 3.05) is 31.2 Å². The van der Waals surface area contributed by atoms with Gasteiger partial charge in [0.1, 0.15) is 10.7 Å². The van der Waals surface area contributed by atoms with Gasteiger partial charge in [0.15, 0.2) is 0 Å². The molecule has 5 nitrogen and oxygen atoms in total. The molecule has 2 aromatic carbocycles. The molecule has 0 atom stereocenters. The van der Waals surface area contributed by atoms with E-state index in [4.69, 9.17) is 27.9 Å². The molecule has 0 bridgehead atoms. The minimum absolute atomic E-state index is 0.0136. The zero-order valence-electron chi connectivity index (χ0n) is 14.5. The average molecular weight is 441 g/mol. The fourth-order valence-electron chi connectivity index (χ4n) is 3.21. The van der Waals surface area contributed by atoms with Crippen LogP contribution in [0, 0.1) is 5.82 Å². The Bertz CT molecular complexity index is 1170. The van der Waals surface area contributed by atoms with E-state index < -0.39 is 15.7 Å². The summed E-state index contributed by atoms with van der Waals surface area (Å²) >= 11 is 12.0. The summed E-state index contributed by atoms with van der Waals surface area (Å²) < 4.78 is 45.9.